The van der Waals surface area contributed by atoms with Gasteiger partial charge in [0.2, 0.25) is 0 Å². The van der Waals surface area contributed by atoms with Crippen molar-refractivity contribution in [3.63, 3.8) is 0 Å². The van der Waals surface area contributed by atoms with Crippen LogP contribution in [0.5, 0.6) is 11.5 Å². The third-order valence-electron chi connectivity index (χ3n) is 11.5. The Labute approximate surface area is 269 Å². The van der Waals surface area contributed by atoms with Crippen LogP contribution in [0.4, 0.5) is 0 Å². The first-order valence-corrected chi connectivity index (χ1v) is 16.5. The molecule has 46 heavy (non-hydrogen) atoms. The number of carbonyl (C=O) groups is 2. The minimum atomic E-state index is -1.69. The fourth-order valence-corrected chi connectivity index (χ4v) is 9.39. The molecule has 3 bridgehead atoms. The van der Waals surface area contributed by atoms with Crippen LogP contribution in [0.3, 0.4) is 0 Å². The second-order valence-electron chi connectivity index (χ2n) is 14.5. The van der Waals surface area contributed by atoms with Gasteiger partial charge in [-0.2, -0.15) is 0 Å². The lowest BCUT2D eigenvalue weighted by atomic mass is 9.54. The molecule has 2 saturated carbocycles. The van der Waals surface area contributed by atoms with Crippen molar-refractivity contribution in [2.45, 2.75) is 88.7 Å². The summed E-state index contributed by atoms with van der Waals surface area (Å²) in [5, 5.41) is 22.4. The molecular formula is C37H44O9. The largest absolute Gasteiger partial charge is 0.504 e. The second kappa shape index (κ2) is 10.9. The fraction of sp³-hybridized carbons (Fsp3) is 0.568. The fourth-order valence-electron chi connectivity index (χ4n) is 9.39. The van der Waals surface area contributed by atoms with Crippen LogP contribution in [-0.2, 0) is 41.4 Å². The molecule has 9 heteroatoms. The second-order valence-corrected chi connectivity index (χ2v) is 14.5. The molecule has 9 atom stereocenters. The number of esters is 1. The van der Waals surface area contributed by atoms with Crippen LogP contribution in [0.25, 0.3) is 0 Å². The molecule has 0 amide bonds. The van der Waals surface area contributed by atoms with Gasteiger partial charge in [-0.25, -0.2) is 0 Å². The molecule has 2 heterocycles. The Bertz CT molecular complexity index is 1570. The van der Waals surface area contributed by atoms with Gasteiger partial charge in [-0.05, 0) is 53.5 Å². The van der Waals surface area contributed by atoms with Crippen molar-refractivity contribution in [2.75, 3.05) is 13.7 Å². The summed E-state index contributed by atoms with van der Waals surface area (Å²) in [6, 6.07) is 14.7. The number of benzene rings is 2. The van der Waals surface area contributed by atoms with Crippen LogP contribution >= 0.6 is 0 Å². The first-order valence-electron chi connectivity index (χ1n) is 16.5. The van der Waals surface area contributed by atoms with E-state index in [-0.39, 0.29) is 66.5 Å². The highest BCUT2D eigenvalue weighted by atomic mass is 16.9. The number of ether oxygens (including phenoxy) is 5. The minimum Gasteiger partial charge on any atom is -0.504 e. The van der Waals surface area contributed by atoms with E-state index in [0.717, 1.165) is 5.56 Å². The SMILES string of the molecule is COc1cc(CC(=O)OCC2=C[C@H]3[C@H]4O[C@@]5(Cc6ccccc6)O[C@@]3([C@H](C)C[C@]4(C(C)C)O5)[C@@H]3C[C@H](C)C(=O)[C@@]3(O)C2)ccc1O. The van der Waals surface area contributed by atoms with Gasteiger partial charge < -0.3 is 33.9 Å². The lowest BCUT2D eigenvalue weighted by molar-refractivity contribution is -0.424. The number of methoxy groups -OCH3 is 1. The Morgan fingerprint density at radius 2 is 1.85 bits per heavy atom. The monoisotopic (exact) mass is 632 g/mol. The highest BCUT2D eigenvalue weighted by Crippen LogP contribution is 2.69. The lowest BCUT2D eigenvalue weighted by Gasteiger charge is -2.60. The highest BCUT2D eigenvalue weighted by Gasteiger charge is 2.79. The number of carbonyl (C=O) groups excluding carboxylic acids is 2. The minimum absolute atomic E-state index is 0.0151. The Morgan fingerprint density at radius 3 is 2.57 bits per heavy atom. The highest BCUT2D eigenvalue weighted by molar-refractivity contribution is 5.92. The van der Waals surface area contributed by atoms with E-state index in [4.69, 9.17) is 23.7 Å². The van der Waals surface area contributed by atoms with E-state index in [1.807, 2.05) is 37.3 Å². The van der Waals surface area contributed by atoms with Gasteiger partial charge in [-0.3, -0.25) is 9.59 Å². The molecule has 2 N–H and O–H groups in total. The Morgan fingerprint density at radius 1 is 1.09 bits per heavy atom. The van der Waals surface area contributed by atoms with Crippen LogP contribution in [0, 0.1) is 29.6 Å². The number of fused-ring (bicyclic) bond motifs is 2. The average Bonchev–Trinajstić information content (AvgIpc) is 3.32. The normalized spacial score (nSPS) is 39.1. The predicted octanol–water partition coefficient (Wildman–Crippen LogP) is 4.90. The maximum Gasteiger partial charge on any atom is 0.310 e. The molecule has 7 rings (SSSR count). The number of phenols is 1. The van der Waals surface area contributed by atoms with Crippen molar-refractivity contribution in [1.29, 1.82) is 0 Å². The number of rotatable bonds is 8. The molecule has 4 fully saturated rings. The van der Waals surface area contributed by atoms with Crippen molar-refractivity contribution in [3.05, 3.63) is 71.3 Å². The molecule has 2 aromatic rings. The maximum absolute atomic E-state index is 13.9. The van der Waals surface area contributed by atoms with Crippen LogP contribution in [0.2, 0.25) is 0 Å². The summed E-state index contributed by atoms with van der Waals surface area (Å²) in [5.74, 6) is -2.92. The van der Waals surface area contributed by atoms with Crippen molar-refractivity contribution >= 4 is 11.8 Å². The quantitative estimate of drug-likeness (QED) is 0.309. The molecule has 246 valence electrons. The molecule has 0 aromatic heterocycles. The van der Waals surface area contributed by atoms with E-state index in [9.17, 15) is 19.8 Å². The van der Waals surface area contributed by atoms with Gasteiger partial charge in [-0.15, -0.1) is 0 Å². The lowest BCUT2D eigenvalue weighted by Crippen LogP contribution is -2.70. The zero-order valence-corrected chi connectivity index (χ0v) is 27.2. The van der Waals surface area contributed by atoms with Crippen molar-refractivity contribution < 1.29 is 43.5 Å². The van der Waals surface area contributed by atoms with Gasteiger partial charge in [0.15, 0.2) is 17.3 Å². The Kier molecular flexibility index (Phi) is 7.44. The zero-order chi connectivity index (χ0) is 32.6. The van der Waals surface area contributed by atoms with Crippen LogP contribution in [0.15, 0.2) is 60.2 Å². The average molecular weight is 633 g/mol. The van der Waals surface area contributed by atoms with Crippen molar-refractivity contribution in [1.82, 2.24) is 0 Å². The van der Waals surface area contributed by atoms with E-state index >= 15 is 0 Å². The number of Topliss-reactive ketones (excluding diaryl/α,β-unsaturated/α-hetero) is 1. The number of hydrogen-bond acceptors (Lipinski definition) is 9. The summed E-state index contributed by atoms with van der Waals surface area (Å²) < 4.78 is 32.1. The van der Waals surface area contributed by atoms with Crippen molar-refractivity contribution in [2.24, 2.45) is 29.6 Å². The van der Waals surface area contributed by atoms with Gasteiger partial charge in [0.25, 0.3) is 5.97 Å². The first kappa shape index (κ1) is 31.4. The van der Waals surface area contributed by atoms with E-state index in [0.29, 0.717) is 30.4 Å². The van der Waals surface area contributed by atoms with E-state index < -0.39 is 34.7 Å². The predicted molar refractivity (Wildman–Crippen MR) is 167 cm³/mol. The number of aliphatic hydroxyl groups is 1. The molecule has 0 spiro atoms. The van der Waals surface area contributed by atoms with Gasteiger partial charge in [0, 0.05) is 24.2 Å². The maximum atomic E-state index is 13.9. The topological polar surface area (TPSA) is 121 Å². The van der Waals surface area contributed by atoms with Crippen LogP contribution in [0.1, 0.15) is 58.1 Å². The summed E-state index contributed by atoms with van der Waals surface area (Å²) in [6.07, 6.45) is 3.25. The molecule has 9 nitrogen and oxygen atoms in total. The van der Waals surface area contributed by atoms with E-state index in [1.165, 1.54) is 13.2 Å². The van der Waals surface area contributed by atoms with Gasteiger partial charge in [0.05, 0.1) is 25.6 Å². The number of hydrogen-bond donors (Lipinski definition) is 2. The molecule has 5 aliphatic rings. The van der Waals surface area contributed by atoms with Gasteiger partial charge in [0.1, 0.15) is 23.9 Å². The molecule has 2 aliphatic heterocycles. The van der Waals surface area contributed by atoms with Gasteiger partial charge >= 0.3 is 5.97 Å². The molecular weight excluding hydrogens is 588 g/mol. The smallest absolute Gasteiger partial charge is 0.310 e. The molecule has 2 aromatic carbocycles. The molecule has 3 aliphatic carbocycles. The summed E-state index contributed by atoms with van der Waals surface area (Å²) in [4.78, 5) is 26.9. The molecule has 0 unspecified atom stereocenters. The van der Waals surface area contributed by atoms with Crippen LogP contribution < -0.4 is 4.74 Å². The summed E-state index contributed by atoms with van der Waals surface area (Å²) >= 11 is 0. The van der Waals surface area contributed by atoms with E-state index in [2.05, 4.69) is 26.8 Å². The molecule has 2 saturated heterocycles. The standard InChI is InChI=1S/C37H44O9/c1-21(2)35-17-23(4)37-27(33(35)44-36(45-35,46-37)19-24-9-7-6-8-10-24)14-26(18-34(41)30(37)13-22(3)32(34)40)20-43-31(39)16-25-11-12-28(38)29(15-25)42-5/h6-12,14-15,21-23,27,30,33,38,41H,13,16-20H2,1-5H3/t22-,23+,27-,30+,33+,34+,35+,36+,37+/m0/s1. The third kappa shape index (κ3) is 4.57. The summed E-state index contributed by atoms with van der Waals surface area (Å²) in [6.45, 7) is 8.26. The summed E-state index contributed by atoms with van der Waals surface area (Å²) in [7, 11) is 1.45. The van der Waals surface area contributed by atoms with Gasteiger partial charge in [-0.1, -0.05) is 70.2 Å². The van der Waals surface area contributed by atoms with Crippen LogP contribution in [-0.4, -0.2) is 64.6 Å². The number of aromatic hydroxyl groups is 1. The first-order chi connectivity index (χ1) is 21.9. The van der Waals surface area contributed by atoms with E-state index in [1.54, 1.807) is 12.1 Å². The molecule has 0 radical (unpaired) electrons. The third-order valence-corrected chi connectivity index (χ3v) is 11.5. The zero-order valence-electron chi connectivity index (χ0n) is 27.2. The number of ketones is 1. The Hall–Kier alpha value is -3.24. The Balaban J connectivity index is 1.26. The summed E-state index contributed by atoms with van der Waals surface area (Å²) in [5.41, 5.74) is -0.961. The number of phenolic OH excluding ortho intramolecular Hbond substituents is 1. The van der Waals surface area contributed by atoms with Crippen molar-refractivity contribution in [3.8, 4) is 11.5 Å².